The van der Waals surface area contributed by atoms with Crippen LogP contribution in [0.4, 0.5) is 0 Å². The van der Waals surface area contributed by atoms with Crippen molar-refractivity contribution in [2.24, 2.45) is 0 Å². The predicted octanol–water partition coefficient (Wildman–Crippen LogP) is 5.69. The number of rotatable bonds is 10. The molecular weight excluding hydrogens is 456 g/mol. The molecule has 2 unspecified atom stereocenters. The third-order valence-electron chi connectivity index (χ3n) is 7.63. The summed E-state index contributed by atoms with van der Waals surface area (Å²) in [7, 11) is 0. The van der Waals surface area contributed by atoms with Crippen LogP contribution in [0.1, 0.15) is 53.8 Å². The van der Waals surface area contributed by atoms with E-state index in [1.165, 1.54) is 11.1 Å². The Balaban J connectivity index is 1.35. The van der Waals surface area contributed by atoms with Crippen LogP contribution in [0.15, 0.2) is 91.0 Å². The van der Waals surface area contributed by atoms with Crippen LogP contribution in [-0.4, -0.2) is 52.2 Å². The van der Waals surface area contributed by atoms with Gasteiger partial charge in [-0.3, -0.25) is 4.90 Å². The Bertz CT molecular complexity index is 1180. The van der Waals surface area contributed by atoms with Crippen molar-refractivity contribution in [3.63, 3.8) is 0 Å². The fraction of sp³-hybridized carbons (Fsp3) is 0.344. The average Bonchev–Trinajstić information content (AvgIpc) is 3.36. The van der Waals surface area contributed by atoms with E-state index in [1.807, 2.05) is 25.1 Å². The maximum atomic E-state index is 11.7. The first-order valence-electron chi connectivity index (χ1n) is 13.6. The molecule has 1 saturated heterocycles. The Morgan fingerprint density at radius 2 is 1.38 bits per heavy atom. The number of hydrogen-bond acceptors (Lipinski definition) is 4. The van der Waals surface area contributed by atoms with Gasteiger partial charge in [0.05, 0.1) is 5.69 Å². The van der Waals surface area contributed by atoms with E-state index in [1.54, 1.807) is 0 Å². The zero-order chi connectivity index (χ0) is 25.5. The van der Waals surface area contributed by atoms with E-state index >= 15 is 0 Å². The summed E-state index contributed by atoms with van der Waals surface area (Å²) in [6.45, 7) is 5.81. The summed E-state index contributed by atoms with van der Waals surface area (Å²) in [5.74, 6) is 1.17. The van der Waals surface area contributed by atoms with Gasteiger partial charge in [-0.15, -0.1) is 0 Å². The Labute approximate surface area is 220 Å². The van der Waals surface area contributed by atoms with Gasteiger partial charge in [-0.25, -0.2) is 4.98 Å². The molecule has 0 aliphatic carbocycles. The molecule has 5 nitrogen and oxygen atoms in total. The van der Waals surface area contributed by atoms with Crippen molar-refractivity contribution in [1.29, 1.82) is 0 Å². The number of aliphatic hydroxyl groups excluding tert-OH is 1. The van der Waals surface area contributed by atoms with Crippen LogP contribution in [0.3, 0.4) is 0 Å². The van der Waals surface area contributed by atoms with Gasteiger partial charge in [0.25, 0.3) is 0 Å². The highest BCUT2D eigenvalue weighted by atomic mass is 16.3. The molecule has 0 bridgehead atoms. The number of piperazine rings is 1. The standard InChI is InChI=1S/C32H38N4O/c1-24-30(35-32(34-24)27-16-9-4-10-17-27)31(37)29(36-22-20-33-21-23-36)19-11-18-28(25-12-5-2-6-13-25)26-14-7-3-8-15-26/h2-10,12-17,28-29,31,33,37H,11,18-23H2,1H3,(H,34,35). The van der Waals surface area contributed by atoms with Crippen molar-refractivity contribution < 1.29 is 5.11 Å². The predicted molar refractivity (Wildman–Crippen MR) is 151 cm³/mol. The summed E-state index contributed by atoms with van der Waals surface area (Å²) in [4.78, 5) is 10.8. The molecule has 0 saturated carbocycles. The molecule has 1 aromatic heterocycles. The zero-order valence-electron chi connectivity index (χ0n) is 21.7. The Hall–Kier alpha value is -3.25. The Morgan fingerprint density at radius 1 is 0.811 bits per heavy atom. The minimum absolute atomic E-state index is 0.0277. The van der Waals surface area contributed by atoms with Gasteiger partial charge in [-0.05, 0) is 30.9 Å². The summed E-state index contributed by atoms with van der Waals surface area (Å²) in [5, 5.41) is 15.2. The van der Waals surface area contributed by atoms with E-state index in [4.69, 9.17) is 4.98 Å². The summed E-state index contributed by atoms with van der Waals surface area (Å²) in [6.07, 6.45) is 2.34. The number of nitrogens with zero attached hydrogens (tertiary/aromatic N) is 2. The quantitative estimate of drug-likeness (QED) is 0.265. The number of imidazole rings is 1. The molecule has 3 N–H and O–H groups in total. The van der Waals surface area contributed by atoms with Crippen molar-refractivity contribution in [2.75, 3.05) is 26.2 Å². The zero-order valence-corrected chi connectivity index (χ0v) is 21.7. The van der Waals surface area contributed by atoms with E-state index < -0.39 is 6.10 Å². The number of nitrogens with one attached hydrogen (secondary N) is 2. The Kier molecular flexibility index (Phi) is 8.46. The number of benzene rings is 3. The van der Waals surface area contributed by atoms with Crippen LogP contribution in [0.5, 0.6) is 0 Å². The molecule has 2 heterocycles. The van der Waals surface area contributed by atoms with Gasteiger partial charge in [0.1, 0.15) is 11.9 Å². The van der Waals surface area contributed by atoms with Gasteiger partial charge in [0.15, 0.2) is 0 Å². The van der Waals surface area contributed by atoms with Crippen LogP contribution >= 0.6 is 0 Å². The molecule has 0 amide bonds. The number of aromatic amines is 1. The third kappa shape index (κ3) is 6.19. The lowest BCUT2D eigenvalue weighted by atomic mass is 9.86. The molecule has 0 radical (unpaired) electrons. The summed E-state index contributed by atoms with van der Waals surface area (Å²) < 4.78 is 0. The highest BCUT2D eigenvalue weighted by Crippen LogP contribution is 2.33. The second-order valence-electron chi connectivity index (χ2n) is 10.1. The lowest BCUT2D eigenvalue weighted by molar-refractivity contribution is 0.0323. The summed E-state index contributed by atoms with van der Waals surface area (Å²) in [6, 6.07) is 31.8. The fourth-order valence-corrected chi connectivity index (χ4v) is 5.66. The largest absolute Gasteiger partial charge is 0.385 e. The second kappa shape index (κ2) is 12.3. The van der Waals surface area contributed by atoms with E-state index in [2.05, 4.69) is 88.0 Å². The molecule has 192 valence electrons. The van der Waals surface area contributed by atoms with E-state index in [9.17, 15) is 5.11 Å². The maximum absolute atomic E-state index is 11.7. The van der Waals surface area contributed by atoms with Crippen LogP contribution in [0.25, 0.3) is 11.4 Å². The molecule has 4 aromatic rings. The molecule has 3 aromatic carbocycles. The molecule has 1 aliphatic rings. The van der Waals surface area contributed by atoms with Crippen LogP contribution < -0.4 is 5.32 Å². The van der Waals surface area contributed by atoms with Crippen LogP contribution in [0.2, 0.25) is 0 Å². The highest BCUT2D eigenvalue weighted by molar-refractivity contribution is 5.55. The number of hydrogen-bond donors (Lipinski definition) is 3. The van der Waals surface area contributed by atoms with Crippen molar-refractivity contribution in [2.45, 2.75) is 44.2 Å². The molecule has 1 fully saturated rings. The van der Waals surface area contributed by atoms with E-state index in [0.717, 1.165) is 68.2 Å². The second-order valence-corrected chi connectivity index (χ2v) is 10.1. The first kappa shape index (κ1) is 25.4. The number of aliphatic hydroxyl groups is 1. The van der Waals surface area contributed by atoms with Gasteiger partial charge in [0.2, 0.25) is 0 Å². The lowest BCUT2D eigenvalue weighted by Gasteiger charge is -2.37. The smallest absolute Gasteiger partial charge is 0.137 e. The average molecular weight is 495 g/mol. The Morgan fingerprint density at radius 3 is 1.97 bits per heavy atom. The van der Waals surface area contributed by atoms with Crippen molar-refractivity contribution in [3.05, 3.63) is 114 Å². The highest BCUT2D eigenvalue weighted by Gasteiger charge is 2.31. The third-order valence-corrected chi connectivity index (χ3v) is 7.63. The minimum Gasteiger partial charge on any atom is -0.385 e. The normalized spacial score (nSPS) is 16.1. The molecule has 0 spiro atoms. The fourth-order valence-electron chi connectivity index (χ4n) is 5.66. The SMILES string of the molecule is Cc1[nH]c(-c2ccccc2)nc1C(O)C(CCCC(c1ccccc1)c1ccccc1)N1CCNCC1. The van der Waals surface area contributed by atoms with E-state index in [-0.39, 0.29) is 6.04 Å². The maximum Gasteiger partial charge on any atom is 0.137 e. The molecule has 1 aliphatic heterocycles. The number of aromatic nitrogens is 2. The first-order valence-corrected chi connectivity index (χ1v) is 13.6. The molecule has 5 heteroatoms. The van der Waals surface area contributed by atoms with Crippen LogP contribution in [-0.2, 0) is 0 Å². The monoisotopic (exact) mass is 494 g/mol. The summed E-state index contributed by atoms with van der Waals surface area (Å²) >= 11 is 0. The first-order chi connectivity index (χ1) is 18.2. The lowest BCUT2D eigenvalue weighted by Crippen LogP contribution is -2.50. The number of H-pyrrole nitrogens is 1. The van der Waals surface area contributed by atoms with Gasteiger partial charge < -0.3 is 15.4 Å². The van der Waals surface area contributed by atoms with Crippen molar-refractivity contribution >= 4 is 0 Å². The van der Waals surface area contributed by atoms with Crippen molar-refractivity contribution in [3.8, 4) is 11.4 Å². The van der Waals surface area contributed by atoms with Gasteiger partial charge in [0, 0.05) is 49.4 Å². The molecule has 5 rings (SSSR count). The summed E-state index contributed by atoms with van der Waals surface area (Å²) in [5.41, 5.74) is 5.45. The van der Waals surface area contributed by atoms with Gasteiger partial charge >= 0.3 is 0 Å². The number of aryl methyl sites for hydroxylation is 1. The van der Waals surface area contributed by atoms with Gasteiger partial charge in [-0.2, -0.15) is 0 Å². The van der Waals surface area contributed by atoms with Gasteiger partial charge in [-0.1, -0.05) is 97.4 Å². The topological polar surface area (TPSA) is 64.2 Å². The van der Waals surface area contributed by atoms with Crippen LogP contribution in [0, 0.1) is 6.92 Å². The molecule has 37 heavy (non-hydrogen) atoms. The van der Waals surface area contributed by atoms with E-state index in [0.29, 0.717) is 5.92 Å². The molecular formula is C32H38N4O. The minimum atomic E-state index is -0.640. The molecule has 2 atom stereocenters. The van der Waals surface area contributed by atoms with Crippen molar-refractivity contribution in [1.82, 2.24) is 20.2 Å².